The van der Waals surface area contributed by atoms with Gasteiger partial charge in [-0.3, -0.25) is 14.5 Å². The lowest BCUT2D eigenvalue weighted by atomic mass is 10.2. The summed E-state index contributed by atoms with van der Waals surface area (Å²) in [5, 5.41) is 0.707. The molecule has 0 atom stereocenters. The number of furan rings is 1. The average molecular weight is 430 g/mol. The SMILES string of the molecule is O=C1S/C(=C\c2ccc(-c3cc(Cl)cc(Cl)c3)o2)C(=O)N1Cc1ccccc1. The fourth-order valence-corrected chi connectivity index (χ4v) is 4.16. The van der Waals surface area contributed by atoms with Crippen molar-refractivity contribution < 1.29 is 14.0 Å². The zero-order valence-electron chi connectivity index (χ0n) is 14.4. The average Bonchev–Trinajstić information content (AvgIpc) is 3.23. The molecular formula is C21H13Cl2NO3S. The van der Waals surface area contributed by atoms with Crippen LogP contribution in [0.5, 0.6) is 0 Å². The number of thioether (sulfide) groups is 1. The first-order valence-electron chi connectivity index (χ1n) is 8.35. The molecule has 4 rings (SSSR count). The number of hydrogen-bond acceptors (Lipinski definition) is 4. The summed E-state index contributed by atoms with van der Waals surface area (Å²) in [6.07, 6.45) is 1.57. The predicted octanol–water partition coefficient (Wildman–Crippen LogP) is 6.49. The molecule has 0 spiro atoms. The standard InChI is InChI=1S/C21H13Cl2NO3S/c22-15-8-14(9-16(23)10-15)18-7-6-17(27-18)11-19-20(25)24(21(26)28-19)12-13-4-2-1-3-5-13/h1-11H,12H2/b19-11-. The van der Waals surface area contributed by atoms with Crippen molar-refractivity contribution in [3.05, 3.63) is 86.9 Å². The van der Waals surface area contributed by atoms with E-state index in [9.17, 15) is 9.59 Å². The third-order valence-corrected chi connectivity index (χ3v) is 5.45. The fraction of sp³-hybridized carbons (Fsp3) is 0.0476. The third-order valence-electron chi connectivity index (χ3n) is 4.10. The minimum Gasteiger partial charge on any atom is -0.457 e. The predicted molar refractivity (Wildman–Crippen MR) is 112 cm³/mol. The number of carbonyl (C=O) groups is 2. The van der Waals surface area contributed by atoms with Crippen LogP contribution in [0.3, 0.4) is 0 Å². The van der Waals surface area contributed by atoms with Crippen molar-refractivity contribution in [2.75, 3.05) is 0 Å². The molecule has 3 aromatic rings. The van der Waals surface area contributed by atoms with E-state index >= 15 is 0 Å². The highest BCUT2D eigenvalue weighted by Crippen LogP contribution is 2.35. The van der Waals surface area contributed by atoms with Crippen LogP contribution in [-0.4, -0.2) is 16.0 Å². The normalized spacial score (nSPS) is 15.6. The lowest BCUT2D eigenvalue weighted by Crippen LogP contribution is -2.27. The van der Waals surface area contributed by atoms with Crippen LogP contribution in [0.4, 0.5) is 4.79 Å². The van der Waals surface area contributed by atoms with Gasteiger partial charge in [0.25, 0.3) is 11.1 Å². The second-order valence-corrected chi connectivity index (χ2v) is 7.98. The molecule has 1 aliphatic heterocycles. The molecule has 0 saturated carbocycles. The van der Waals surface area contributed by atoms with Crippen LogP contribution in [-0.2, 0) is 11.3 Å². The maximum absolute atomic E-state index is 12.6. The second-order valence-electron chi connectivity index (χ2n) is 6.11. The molecule has 0 bridgehead atoms. The molecular weight excluding hydrogens is 417 g/mol. The fourth-order valence-electron chi connectivity index (χ4n) is 2.81. The van der Waals surface area contributed by atoms with Crippen molar-refractivity contribution >= 4 is 52.2 Å². The summed E-state index contributed by atoms with van der Waals surface area (Å²) < 4.78 is 5.79. The molecule has 0 unspecified atom stereocenters. The molecule has 7 heteroatoms. The maximum Gasteiger partial charge on any atom is 0.293 e. The summed E-state index contributed by atoms with van der Waals surface area (Å²) >= 11 is 13.0. The van der Waals surface area contributed by atoms with Gasteiger partial charge in [0.2, 0.25) is 0 Å². The first-order valence-corrected chi connectivity index (χ1v) is 9.92. The minimum atomic E-state index is -0.331. The van der Waals surface area contributed by atoms with E-state index in [1.807, 2.05) is 30.3 Å². The maximum atomic E-state index is 12.6. The van der Waals surface area contributed by atoms with Gasteiger partial charge in [0.1, 0.15) is 11.5 Å². The smallest absolute Gasteiger partial charge is 0.293 e. The van der Waals surface area contributed by atoms with Crippen LogP contribution >= 0.6 is 35.0 Å². The van der Waals surface area contributed by atoms with E-state index in [-0.39, 0.29) is 17.7 Å². The van der Waals surface area contributed by atoms with Crippen molar-refractivity contribution in [2.24, 2.45) is 0 Å². The van der Waals surface area contributed by atoms with Gasteiger partial charge in [-0.15, -0.1) is 0 Å². The van der Waals surface area contributed by atoms with Gasteiger partial charge >= 0.3 is 0 Å². The van der Waals surface area contributed by atoms with E-state index in [0.717, 1.165) is 22.9 Å². The molecule has 0 N–H and O–H groups in total. The largest absolute Gasteiger partial charge is 0.457 e. The molecule has 1 aliphatic rings. The number of imide groups is 1. The quantitative estimate of drug-likeness (QED) is 0.444. The molecule has 4 nitrogen and oxygen atoms in total. The van der Waals surface area contributed by atoms with Crippen molar-refractivity contribution in [3.8, 4) is 11.3 Å². The van der Waals surface area contributed by atoms with E-state index in [1.54, 1.807) is 36.4 Å². The molecule has 1 saturated heterocycles. The summed E-state index contributed by atoms with van der Waals surface area (Å²) in [6, 6.07) is 18.0. The number of halogens is 2. The molecule has 1 aromatic heterocycles. The number of carbonyl (C=O) groups excluding carboxylic acids is 2. The molecule has 1 fully saturated rings. The van der Waals surface area contributed by atoms with Crippen molar-refractivity contribution in [1.29, 1.82) is 0 Å². The number of benzene rings is 2. The summed E-state index contributed by atoms with van der Waals surface area (Å²) in [5.41, 5.74) is 1.62. The molecule has 2 amide bonds. The van der Waals surface area contributed by atoms with Crippen LogP contribution in [0.1, 0.15) is 11.3 Å². The van der Waals surface area contributed by atoms with Crippen LogP contribution in [0.25, 0.3) is 17.4 Å². The molecule has 0 radical (unpaired) electrons. The monoisotopic (exact) mass is 429 g/mol. The lowest BCUT2D eigenvalue weighted by Gasteiger charge is -2.11. The Morgan fingerprint density at radius 1 is 0.964 bits per heavy atom. The van der Waals surface area contributed by atoms with E-state index in [2.05, 4.69) is 0 Å². The molecule has 2 aromatic carbocycles. The minimum absolute atomic E-state index is 0.243. The Balaban J connectivity index is 1.55. The Hall–Kier alpha value is -2.47. The third kappa shape index (κ3) is 4.02. The van der Waals surface area contributed by atoms with Crippen molar-refractivity contribution in [1.82, 2.24) is 4.90 Å². The topological polar surface area (TPSA) is 50.5 Å². The van der Waals surface area contributed by atoms with Gasteiger partial charge in [-0.1, -0.05) is 53.5 Å². The number of rotatable bonds is 4. The van der Waals surface area contributed by atoms with Gasteiger partial charge < -0.3 is 4.42 Å². The van der Waals surface area contributed by atoms with Gasteiger partial charge in [-0.05, 0) is 47.7 Å². The molecule has 140 valence electrons. The highest BCUT2D eigenvalue weighted by atomic mass is 35.5. The van der Waals surface area contributed by atoms with Gasteiger partial charge in [-0.2, -0.15) is 0 Å². The van der Waals surface area contributed by atoms with E-state index < -0.39 is 0 Å². The second kappa shape index (κ2) is 7.87. The Morgan fingerprint density at radius 2 is 1.68 bits per heavy atom. The van der Waals surface area contributed by atoms with E-state index in [4.69, 9.17) is 27.6 Å². The molecule has 28 heavy (non-hydrogen) atoms. The van der Waals surface area contributed by atoms with Gasteiger partial charge in [0, 0.05) is 21.7 Å². The lowest BCUT2D eigenvalue weighted by molar-refractivity contribution is -0.123. The Labute approximate surface area is 175 Å². The molecule has 0 aliphatic carbocycles. The Morgan fingerprint density at radius 3 is 2.39 bits per heavy atom. The van der Waals surface area contributed by atoms with Crippen LogP contribution in [0, 0.1) is 0 Å². The first kappa shape index (κ1) is 18.9. The summed E-state index contributed by atoms with van der Waals surface area (Å²) in [7, 11) is 0. The first-order chi connectivity index (χ1) is 13.5. The highest BCUT2D eigenvalue weighted by Gasteiger charge is 2.35. The van der Waals surface area contributed by atoms with E-state index in [0.29, 0.717) is 26.5 Å². The summed E-state index contributed by atoms with van der Waals surface area (Å²) in [6.45, 7) is 0.243. The van der Waals surface area contributed by atoms with Crippen molar-refractivity contribution in [3.63, 3.8) is 0 Å². The van der Waals surface area contributed by atoms with Gasteiger partial charge in [0.05, 0.1) is 11.4 Å². The number of amides is 2. The number of nitrogens with zero attached hydrogens (tertiary/aromatic N) is 1. The zero-order chi connectivity index (χ0) is 19.7. The Kier molecular flexibility index (Phi) is 5.31. The van der Waals surface area contributed by atoms with Crippen LogP contribution < -0.4 is 0 Å². The zero-order valence-corrected chi connectivity index (χ0v) is 16.7. The Bertz CT molecular complexity index is 1070. The van der Waals surface area contributed by atoms with Gasteiger partial charge in [-0.25, -0.2) is 0 Å². The number of hydrogen-bond donors (Lipinski definition) is 0. The van der Waals surface area contributed by atoms with Crippen molar-refractivity contribution in [2.45, 2.75) is 6.54 Å². The summed E-state index contributed by atoms with van der Waals surface area (Å²) in [5.74, 6) is 0.707. The van der Waals surface area contributed by atoms with Crippen LogP contribution in [0.2, 0.25) is 10.0 Å². The van der Waals surface area contributed by atoms with Crippen LogP contribution in [0.15, 0.2) is 70.0 Å². The van der Waals surface area contributed by atoms with Gasteiger partial charge in [0.15, 0.2) is 0 Å². The highest BCUT2D eigenvalue weighted by molar-refractivity contribution is 8.18. The summed E-state index contributed by atoms with van der Waals surface area (Å²) in [4.78, 5) is 26.4. The molecule has 2 heterocycles. The van der Waals surface area contributed by atoms with E-state index in [1.165, 1.54) is 4.90 Å².